The van der Waals surface area contributed by atoms with Gasteiger partial charge in [0.05, 0.1) is 0 Å². The Bertz CT molecular complexity index is 664. The maximum atomic E-state index is 12.2. The van der Waals surface area contributed by atoms with E-state index in [2.05, 4.69) is 55.8 Å². The molecule has 0 fully saturated rings. The molecular weight excluding hydrogens is 246 g/mol. The van der Waals surface area contributed by atoms with Crippen LogP contribution < -0.4 is 0 Å². The first-order chi connectivity index (χ1) is 9.44. The first-order valence-corrected chi connectivity index (χ1v) is 7.21. The van der Waals surface area contributed by atoms with Crippen molar-refractivity contribution in [2.24, 2.45) is 5.41 Å². The molecule has 1 aromatic carbocycles. The first-order valence-electron chi connectivity index (χ1n) is 7.21. The van der Waals surface area contributed by atoms with Crippen LogP contribution in [0.1, 0.15) is 47.4 Å². The average Bonchev–Trinajstić information content (AvgIpc) is 2.71. The number of carbonyl (C=O) groups is 1. The summed E-state index contributed by atoms with van der Waals surface area (Å²) >= 11 is 0. The number of fused-ring (bicyclic) bond motifs is 1. The van der Waals surface area contributed by atoms with Crippen LogP contribution in [0.3, 0.4) is 0 Å². The van der Waals surface area contributed by atoms with E-state index in [1.54, 1.807) is 0 Å². The van der Waals surface area contributed by atoms with Crippen LogP contribution in [0.15, 0.2) is 36.5 Å². The van der Waals surface area contributed by atoms with Crippen molar-refractivity contribution < 1.29 is 4.79 Å². The Morgan fingerprint density at radius 1 is 1.20 bits per heavy atom. The Balaban J connectivity index is 1.95. The highest BCUT2D eigenvalue weighted by atomic mass is 16.1. The fourth-order valence-corrected chi connectivity index (χ4v) is 3.16. The monoisotopic (exact) mass is 267 g/mol. The maximum Gasteiger partial charge on any atom is 0.165 e. The lowest BCUT2D eigenvalue weighted by molar-refractivity contribution is 0.0910. The summed E-state index contributed by atoms with van der Waals surface area (Å²) < 4.78 is 2.24. The summed E-state index contributed by atoms with van der Waals surface area (Å²) in [5, 5.41) is 0. The third-order valence-electron chi connectivity index (χ3n) is 4.10. The molecule has 0 amide bonds. The molecule has 1 aliphatic rings. The molecular formula is C18H21NO. The van der Waals surface area contributed by atoms with Crippen LogP contribution in [0.5, 0.6) is 0 Å². The lowest BCUT2D eigenvalue weighted by atomic mass is 9.76. The fourth-order valence-electron chi connectivity index (χ4n) is 3.16. The number of rotatable bonds is 2. The topological polar surface area (TPSA) is 22.0 Å². The van der Waals surface area contributed by atoms with Crippen molar-refractivity contribution >= 4 is 5.78 Å². The van der Waals surface area contributed by atoms with Crippen molar-refractivity contribution in [1.29, 1.82) is 0 Å². The van der Waals surface area contributed by atoms with Crippen molar-refractivity contribution in [3.05, 3.63) is 58.9 Å². The number of hydrogen-bond acceptors (Lipinski definition) is 1. The number of benzene rings is 1. The van der Waals surface area contributed by atoms with E-state index in [0.717, 1.165) is 18.5 Å². The van der Waals surface area contributed by atoms with Crippen LogP contribution in [-0.2, 0) is 13.0 Å². The van der Waals surface area contributed by atoms with E-state index in [1.165, 1.54) is 16.8 Å². The van der Waals surface area contributed by atoms with Crippen LogP contribution in [-0.4, -0.2) is 10.4 Å². The minimum Gasteiger partial charge on any atom is -0.346 e. The van der Waals surface area contributed by atoms with Gasteiger partial charge in [-0.15, -0.1) is 0 Å². The highest BCUT2D eigenvalue weighted by Gasteiger charge is 2.32. The van der Waals surface area contributed by atoms with E-state index in [0.29, 0.717) is 12.2 Å². The third-order valence-corrected chi connectivity index (χ3v) is 4.10. The molecule has 1 heterocycles. The standard InChI is InChI=1S/C18H21NO/c1-13-5-4-6-14(9-13)12-19-8-7-15-16(19)10-18(2,3)11-17(15)20/h4-9H,10-12H2,1-3H3. The Hall–Kier alpha value is -1.83. The zero-order valence-corrected chi connectivity index (χ0v) is 12.4. The second-order valence-electron chi connectivity index (χ2n) is 6.73. The summed E-state index contributed by atoms with van der Waals surface area (Å²) in [5.74, 6) is 0.291. The van der Waals surface area contributed by atoms with Gasteiger partial charge in [0, 0.05) is 30.4 Å². The van der Waals surface area contributed by atoms with Gasteiger partial charge in [-0.1, -0.05) is 43.7 Å². The summed E-state index contributed by atoms with van der Waals surface area (Å²) in [6.07, 6.45) is 3.70. The predicted octanol–water partition coefficient (Wildman–Crippen LogP) is 4.00. The quantitative estimate of drug-likeness (QED) is 0.806. The van der Waals surface area contributed by atoms with Gasteiger partial charge in [0.2, 0.25) is 0 Å². The van der Waals surface area contributed by atoms with Crippen LogP contribution in [0.4, 0.5) is 0 Å². The molecule has 0 bridgehead atoms. The molecule has 2 aromatic rings. The minimum atomic E-state index is 0.0762. The SMILES string of the molecule is Cc1cccc(Cn2ccc3c2CC(C)(C)CC3=O)c1. The molecule has 0 saturated carbocycles. The van der Waals surface area contributed by atoms with Gasteiger partial charge in [-0.25, -0.2) is 0 Å². The normalized spacial score (nSPS) is 17.1. The number of aromatic nitrogens is 1. The Morgan fingerprint density at radius 3 is 2.75 bits per heavy atom. The Morgan fingerprint density at radius 2 is 2.00 bits per heavy atom. The molecule has 1 aromatic heterocycles. The molecule has 0 N–H and O–H groups in total. The van der Waals surface area contributed by atoms with E-state index in [4.69, 9.17) is 0 Å². The maximum absolute atomic E-state index is 12.2. The molecule has 0 atom stereocenters. The number of hydrogen-bond donors (Lipinski definition) is 0. The summed E-state index contributed by atoms with van der Waals surface area (Å²) in [7, 11) is 0. The molecule has 0 saturated heterocycles. The number of carbonyl (C=O) groups excluding carboxylic acids is 1. The molecule has 20 heavy (non-hydrogen) atoms. The molecule has 0 unspecified atom stereocenters. The van der Waals surface area contributed by atoms with Crippen LogP contribution in [0.2, 0.25) is 0 Å². The van der Waals surface area contributed by atoms with Crippen molar-refractivity contribution in [2.45, 2.75) is 40.2 Å². The third kappa shape index (κ3) is 2.43. The van der Waals surface area contributed by atoms with E-state index in [-0.39, 0.29) is 5.41 Å². The summed E-state index contributed by atoms with van der Waals surface area (Å²) in [6, 6.07) is 10.6. The molecule has 0 aliphatic heterocycles. The first kappa shape index (κ1) is 13.2. The Labute approximate surface area is 120 Å². The Kier molecular flexibility index (Phi) is 3.04. The van der Waals surface area contributed by atoms with E-state index >= 15 is 0 Å². The van der Waals surface area contributed by atoms with Gasteiger partial charge in [-0.2, -0.15) is 0 Å². The number of Topliss-reactive ketones (excluding diaryl/α,β-unsaturated/α-hetero) is 1. The van der Waals surface area contributed by atoms with E-state index in [9.17, 15) is 4.79 Å². The number of nitrogens with zero attached hydrogens (tertiary/aromatic N) is 1. The smallest absolute Gasteiger partial charge is 0.165 e. The molecule has 2 heteroatoms. The minimum absolute atomic E-state index is 0.0762. The lowest BCUT2D eigenvalue weighted by Crippen LogP contribution is -2.28. The zero-order chi connectivity index (χ0) is 14.3. The fraction of sp³-hybridized carbons (Fsp3) is 0.389. The molecule has 0 radical (unpaired) electrons. The highest BCUT2D eigenvalue weighted by Crippen LogP contribution is 2.35. The van der Waals surface area contributed by atoms with E-state index in [1.807, 2.05) is 6.07 Å². The van der Waals surface area contributed by atoms with Gasteiger partial charge in [0.15, 0.2) is 5.78 Å². The van der Waals surface area contributed by atoms with Crippen molar-refractivity contribution in [1.82, 2.24) is 4.57 Å². The zero-order valence-electron chi connectivity index (χ0n) is 12.4. The van der Waals surface area contributed by atoms with Gasteiger partial charge in [0.25, 0.3) is 0 Å². The van der Waals surface area contributed by atoms with Gasteiger partial charge in [-0.3, -0.25) is 4.79 Å². The second-order valence-corrected chi connectivity index (χ2v) is 6.73. The molecule has 104 valence electrons. The average molecular weight is 267 g/mol. The lowest BCUT2D eigenvalue weighted by Gasteiger charge is -2.29. The van der Waals surface area contributed by atoms with Crippen LogP contribution >= 0.6 is 0 Å². The van der Waals surface area contributed by atoms with Crippen molar-refractivity contribution in [3.63, 3.8) is 0 Å². The summed E-state index contributed by atoms with van der Waals surface area (Å²) in [5.41, 5.74) is 4.77. The van der Waals surface area contributed by atoms with Gasteiger partial charge >= 0.3 is 0 Å². The highest BCUT2D eigenvalue weighted by molar-refractivity contribution is 5.98. The van der Waals surface area contributed by atoms with Crippen LogP contribution in [0, 0.1) is 12.3 Å². The van der Waals surface area contributed by atoms with Crippen molar-refractivity contribution in [2.75, 3.05) is 0 Å². The summed E-state index contributed by atoms with van der Waals surface area (Å²) in [4.78, 5) is 12.2. The molecule has 0 spiro atoms. The van der Waals surface area contributed by atoms with Crippen LogP contribution in [0.25, 0.3) is 0 Å². The number of ketones is 1. The molecule has 1 aliphatic carbocycles. The predicted molar refractivity (Wildman–Crippen MR) is 81.1 cm³/mol. The molecule has 3 rings (SSSR count). The van der Waals surface area contributed by atoms with Gasteiger partial charge in [0.1, 0.15) is 0 Å². The van der Waals surface area contributed by atoms with E-state index < -0.39 is 0 Å². The van der Waals surface area contributed by atoms with Crippen molar-refractivity contribution in [3.8, 4) is 0 Å². The largest absolute Gasteiger partial charge is 0.346 e. The van der Waals surface area contributed by atoms with Gasteiger partial charge in [-0.05, 0) is 30.4 Å². The number of aryl methyl sites for hydroxylation is 1. The summed E-state index contributed by atoms with van der Waals surface area (Å²) in [6.45, 7) is 7.32. The molecule has 2 nitrogen and oxygen atoms in total. The second kappa shape index (κ2) is 4.62. The van der Waals surface area contributed by atoms with Gasteiger partial charge < -0.3 is 4.57 Å².